The number of nitrogens with one attached hydrogen (secondary N) is 1. The van der Waals surface area contributed by atoms with Crippen molar-refractivity contribution in [3.05, 3.63) is 63.1 Å². The van der Waals surface area contributed by atoms with E-state index in [0.717, 1.165) is 15.2 Å². The van der Waals surface area contributed by atoms with Crippen LogP contribution in [0.5, 0.6) is 0 Å². The molecule has 0 fully saturated rings. The summed E-state index contributed by atoms with van der Waals surface area (Å²) in [6.45, 7) is 4.26. The van der Waals surface area contributed by atoms with Gasteiger partial charge in [0.1, 0.15) is 0 Å². The summed E-state index contributed by atoms with van der Waals surface area (Å²) < 4.78 is 0.908. The fraction of sp³-hybridized carbons (Fsp3) is 0.200. The summed E-state index contributed by atoms with van der Waals surface area (Å²) in [5.74, 6) is 0. The number of benzene rings is 2. The normalized spacial score (nSPS) is 12.2. The van der Waals surface area contributed by atoms with Crippen molar-refractivity contribution < 1.29 is 0 Å². The van der Waals surface area contributed by atoms with E-state index in [1.54, 1.807) is 0 Å². The van der Waals surface area contributed by atoms with Crippen LogP contribution in [0.4, 0.5) is 5.69 Å². The smallest absolute Gasteiger partial charge is 0.0549 e. The van der Waals surface area contributed by atoms with Gasteiger partial charge in [0.15, 0.2) is 0 Å². The number of anilines is 1. The number of rotatable bonds is 3. The molecule has 1 nitrogen and oxygen atoms in total. The maximum Gasteiger partial charge on any atom is 0.0549 e. The van der Waals surface area contributed by atoms with Crippen LogP contribution >= 0.6 is 27.5 Å². The van der Waals surface area contributed by atoms with Gasteiger partial charge in [-0.15, -0.1) is 0 Å². The molecule has 1 atom stereocenters. The molecule has 3 heteroatoms. The van der Waals surface area contributed by atoms with Gasteiger partial charge in [0.2, 0.25) is 0 Å². The lowest BCUT2D eigenvalue weighted by Crippen LogP contribution is -2.06. The Labute approximate surface area is 121 Å². The molecule has 0 radical (unpaired) electrons. The summed E-state index contributed by atoms with van der Waals surface area (Å²) in [4.78, 5) is 0. The van der Waals surface area contributed by atoms with Crippen LogP contribution in [0.25, 0.3) is 0 Å². The van der Waals surface area contributed by atoms with Crippen LogP contribution < -0.4 is 5.32 Å². The van der Waals surface area contributed by atoms with Gasteiger partial charge in [0.05, 0.1) is 5.02 Å². The molecule has 1 N–H and O–H groups in total. The first-order valence-corrected chi connectivity index (χ1v) is 7.01. The van der Waals surface area contributed by atoms with Crippen molar-refractivity contribution in [2.75, 3.05) is 5.32 Å². The summed E-state index contributed by atoms with van der Waals surface area (Å²) in [7, 11) is 0. The van der Waals surface area contributed by atoms with E-state index in [1.807, 2.05) is 18.2 Å². The average Bonchev–Trinajstić information content (AvgIpc) is 2.34. The van der Waals surface area contributed by atoms with Crippen molar-refractivity contribution in [1.82, 2.24) is 0 Å². The van der Waals surface area contributed by atoms with E-state index in [9.17, 15) is 0 Å². The summed E-state index contributed by atoms with van der Waals surface area (Å²) in [5.41, 5.74) is 3.61. The average molecular weight is 325 g/mol. The molecule has 0 bridgehead atoms. The van der Waals surface area contributed by atoms with Gasteiger partial charge in [-0.3, -0.25) is 0 Å². The number of halogens is 2. The minimum absolute atomic E-state index is 0.262. The topological polar surface area (TPSA) is 12.0 Å². The van der Waals surface area contributed by atoms with Crippen LogP contribution in [-0.2, 0) is 0 Å². The van der Waals surface area contributed by atoms with Crippen molar-refractivity contribution in [1.29, 1.82) is 0 Å². The monoisotopic (exact) mass is 323 g/mol. The molecule has 2 rings (SSSR count). The molecule has 2 aromatic rings. The highest BCUT2D eigenvalue weighted by molar-refractivity contribution is 9.10. The molecule has 0 aliphatic rings. The van der Waals surface area contributed by atoms with Crippen molar-refractivity contribution in [2.24, 2.45) is 0 Å². The molecule has 0 aliphatic carbocycles. The molecule has 0 heterocycles. The Morgan fingerprint density at radius 1 is 1.17 bits per heavy atom. The summed E-state index contributed by atoms with van der Waals surface area (Å²) in [6, 6.07) is 14.6. The van der Waals surface area contributed by atoms with Gasteiger partial charge in [0.25, 0.3) is 0 Å². The van der Waals surface area contributed by atoms with Crippen LogP contribution in [0.1, 0.15) is 24.1 Å². The molecule has 0 amide bonds. The minimum atomic E-state index is 0.262. The maximum absolute atomic E-state index is 5.98. The Hall–Kier alpha value is -0.990. The summed E-state index contributed by atoms with van der Waals surface area (Å²) in [6.07, 6.45) is 0. The Kier molecular flexibility index (Phi) is 4.31. The summed E-state index contributed by atoms with van der Waals surface area (Å²) >= 11 is 9.41. The molecule has 94 valence electrons. The predicted molar refractivity (Wildman–Crippen MR) is 82.4 cm³/mol. The predicted octanol–water partition coefficient (Wildman–Crippen LogP) is 5.58. The van der Waals surface area contributed by atoms with Crippen LogP contribution in [0.15, 0.2) is 46.9 Å². The molecule has 0 aliphatic heterocycles. The van der Waals surface area contributed by atoms with Crippen LogP contribution in [0.3, 0.4) is 0 Å². The third-order valence-corrected chi connectivity index (χ3v) is 4.06. The van der Waals surface area contributed by atoms with Crippen molar-refractivity contribution in [3.63, 3.8) is 0 Å². The third kappa shape index (κ3) is 3.27. The molecule has 0 saturated heterocycles. The Morgan fingerprint density at radius 3 is 2.61 bits per heavy atom. The van der Waals surface area contributed by atoms with Gasteiger partial charge in [0, 0.05) is 16.2 Å². The van der Waals surface area contributed by atoms with Crippen molar-refractivity contribution in [2.45, 2.75) is 19.9 Å². The van der Waals surface area contributed by atoms with Gasteiger partial charge in [-0.05, 0) is 53.5 Å². The molecule has 18 heavy (non-hydrogen) atoms. The van der Waals surface area contributed by atoms with Crippen LogP contribution in [0.2, 0.25) is 5.02 Å². The largest absolute Gasteiger partial charge is 0.378 e. The second-order valence-electron chi connectivity index (χ2n) is 4.41. The quantitative estimate of drug-likeness (QED) is 0.776. The summed E-state index contributed by atoms with van der Waals surface area (Å²) in [5, 5.41) is 4.19. The number of hydrogen-bond acceptors (Lipinski definition) is 1. The van der Waals surface area contributed by atoms with Crippen molar-refractivity contribution in [3.8, 4) is 0 Å². The van der Waals surface area contributed by atoms with Gasteiger partial charge in [-0.2, -0.15) is 0 Å². The fourth-order valence-electron chi connectivity index (χ4n) is 1.86. The Balaban J connectivity index is 2.16. The van der Waals surface area contributed by atoms with Gasteiger partial charge in [-0.25, -0.2) is 0 Å². The highest BCUT2D eigenvalue weighted by atomic mass is 79.9. The standard InChI is InChI=1S/C15H15BrClN/c1-10-4-3-5-12(8-10)11(2)18-13-6-7-15(17)14(16)9-13/h3-9,11,18H,1-2H3. The zero-order valence-electron chi connectivity index (χ0n) is 10.4. The molecule has 1 unspecified atom stereocenters. The Bertz CT molecular complexity index is 554. The number of aryl methyl sites for hydroxylation is 1. The minimum Gasteiger partial charge on any atom is -0.378 e. The SMILES string of the molecule is Cc1cccc(C(C)Nc2ccc(Cl)c(Br)c2)c1. The van der Waals surface area contributed by atoms with E-state index < -0.39 is 0 Å². The van der Waals surface area contributed by atoms with E-state index in [4.69, 9.17) is 11.6 Å². The molecular formula is C15H15BrClN. The molecule has 0 saturated carbocycles. The van der Waals surface area contributed by atoms with Crippen molar-refractivity contribution >= 4 is 33.2 Å². The lowest BCUT2D eigenvalue weighted by Gasteiger charge is -2.16. The third-order valence-electron chi connectivity index (χ3n) is 2.84. The fourth-order valence-corrected chi connectivity index (χ4v) is 2.36. The Morgan fingerprint density at radius 2 is 1.94 bits per heavy atom. The molecule has 0 spiro atoms. The zero-order chi connectivity index (χ0) is 13.1. The first-order chi connectivity index (χ1) is 8.56. The second kappa shape index (κ2) is 5.77. The zero-order valence-corrected chi connectivity index (χ0v) is 12.7. The first-order valence-electron chi connectivity index (χ1n) is 5.84. The number of hydrogen-bond donors (Lipinski definition) is 1. The lowest BCUT2D eigenvalue weighted by atomic mass is 10.1. The van der Waals surface area contributed by atoms with Gasteiger partial charge in [-0.1, -0.05) is 41.4 Å². The van der Waals surface area contributed by atoms with Gasteiger partial charge < -0.3 is 5.32 Å². The van der Waals surface area contributed by atoms with E-state index in [2.05, 4.69) is 59.4 Å². The van der Waals surface area contributed by atoms with Gasteiger partial charge >= 0.3 is 0 Å². The molecular weight excluding hydrogens is 310 g/mol. The molecule has 0 aromatic heterocycles. The van der Waals surface area contributed by atoms with E-state index >= 15 is 0 Å². The van der Waals surface area contributed by atoms with E-state index in [-0.39, 0.29) is 6.04 Å². The lowest BCUT2D eigenvalue weighted by molar-refractivity contribution is 0.883. The van der Waals surface area contributed by atoms with E-state index in [1.165, 1.54) is 11.1 Å². The second-order valence-corrected chi connectivity index (χ2v) is 5.67. The van der Waals surface area contributed by atoms with E-state index in [0.29, 0.717) is 0 Å². The first kappa shape index (κ1) is 13.4. The van der Waals surface area contributed by atoms with Crippen LogP contribution in [0, 0.1) is 6.92 Å². The highest BCUT2D eigenvalue weighted by Gasteiger charge is 2.06. The highest BCUT2D eigenvalue weighted by Crippen LogP contribution is 2.27. The van der Waals surface area contributed by atoms with Crippen LogP contribution in [-0.4, -0.2) is 0 Å². The molecule has 2 aromatic carbocycles. The maximum atomic E-state index is 5.98.